The second kappa shape index (κ2) is 15.7. The van der Waals surface area contributed by atoms with Crippen LogP contribution in [0.15, 0.2) is 0 Å². The fourth-order valence-corrected chi connectivity index (χ4v) is 16.7. The van der Waals surface area contributed by atoms with E-state index >= 15 is 0 Å². The van der Waals surface area contributed by atoms with E-state index < -0.39 is 121 Å². The van der Waals surface area contributed by atoms with Crippen molar-refractivity contribution in [2.24, 2.45) is 50.7 Å². The molecule has 0 radical (unpaired) electrons. The maximum absolute atomic E-state index is 12.6. The Labute approximate surface area is 370 Å². The topological polar surface area (TPSA) is 278 Å². The molecule has 0 bridgehead atoms. The highest BCUT2D eigenvalue weighted by Gasteiger charge is 2.85. The van der Waals surface area contributed by atoms with Crippen molar-refractivity contribution in [2.45, 2.75) is 215 Å². The highest BCUT2D eigenvalue weighted by molar-refractivity contribution is 5.33. The number of aliphatic hydroxyl groups is 11. The zero-order valence-electron chi connectivity index (χ0n) is 37.9. The van der Waals surface area contributed by atoms with Crippen LogP contribution in [0.3, 0.4) is 0 Å². The Morgan fingerprint density at radius 3 is 2.00 bits per heavy atom. The minimum atomic E-state index is -1.59. The molecule has 9 aliphatic rings. The first-order valence-corrected chi connectivity index (χ1v) is 23.7. The van der Waals surface area contributed by atoms with E-state index in [1.54, 1.807) is 0 Å². The van der Waals surface area contributed by atoms with Crippen LogP contribution in [0.1, 0.15) is 106 Å². The zero-order valence-corrected chi connectivity index (χ0v) is 37.9. The first kappa shape index (κ1) is 47.4. The first-order chi connectivity index (χ1) is 29.3. The number of rotatable bonds is 8. The van der Waals surface area contributed by atoms with Crippen LogP contribution in [0, 0.1) is 50.7 Å². The summed E-state index contributed by atoms with van der Waals surface area (Å²) in [6.45, 7) is 13.8. The molecule has 2 spiro atoms. The number of ether oxygens (including phenoxy) is 6. The van der Waals surface area contributed by atoms with Gasteiger partial charge in [0.1, 0.15) is 61.0 Å². The van der Waals surface area contributed by atoms with Crippen LogP contribution < -0.4 is 0 Å². The SMILES string of the molecule is CC(C)(O[C@@H]1O[C@H](CO)[C@@H](O)[C@H](O)[C@H]1O)[C@@H]1CC[C@](C)([C@H]2[C@@H](O)C[C@@]3(C)[C@@H]4C[C@H](O)[C@H]5C(C)(C)[C@@H]([C@@H]6OC[C@@H](O)[C@H](O)[C@H]6O[C@@H]6OC[C@H](O)[C@H](O)[C@H]6O)CC[C@@]56C[C@@]46CC[C@]23C)O1. The van der Waals surface area contributed by atoms with Crippen LogP contribution in [0.5, 0.6) is 0 Å². The second-order valence-corrected chi connectivity index (χ2v) is 23.5. The molecule has 9 rings (SSSR count). The molecule has 362 valence electrons. The van der Waals surface area contributed by atoms with Gasteiger partial charge in [0.2, 0.25) is 0 Å². The quantitative estimate of drug-likeness (QED) is 0.146. The maximum atomic E-state index is 12.6. The summed E-state index contributed by atoms with van der Waals surface area (Å²) in [4.78, 5) is 0. The third-order valence-electron chi connectivity index (χ3n) is 19.8. The lowest BCUT2D eigenvalue weighted by atomic mass is 9.40. The van der Waals surface area contributed by atoms with Crippen LogP contribution >= 0.6 is 0 Å². The summed E-state index contributed by atoms with van der Waals surface area (Å²) in [5, 5.41) is 119. The predicted octanol–water partition coefficient (Wildman–Crippen LogP) is -0.539. The predicted molar refractivity (Wildman–Crippen MR) is 219 cm³/mol. The van der Waals surface area contributed by atoms with Crippen molar-refractivity contribution in [1.29, 1.82) is 0 Å². The molecular weight excluding hydrogens is 824 g/mol. The Bertz CT molecular complexity index is 1700. The maximum Gasteiger partial charge on any atom is 0.187 e. The van der Waals surface area contributed by atoms with E-state index in [1.807, 2.05) is 13.8 Å². The van der Waals surface area contributed by atoms with Gasteiger partial charge in [0.05, 0.1) is 55.4 Å². The molecule has 9 fully saturated rings. The molecule has 0 unspecified atom stereocenters. The summed E-state index contributed by atoms with van der Waals surface area (Å²) in [7, 11) is 0. The van der Waals surface area contributed by atoms with Crippen molar-refractivity contribution in [3.05, 3.63) is 0 Å². The fraction of sp³-hybridized carbons (Fsp3) is 1.00. The molecule has 0 amide bonds. The average molecular weight is 901 g/mol. The van der Waals surface area contributed by atoms with Gasteiger partial charge in [-0.25, -0.2) is 0 Å². The molecule has 4 aliphatic heterocycles. The van der Waals surface area contributed by atoms with Gasteiger partial charge in [0.25, 0.3) is 0 Å². The van der Waals surface area contributed by atoms with Gasteiger partial charge < -0.3 is 84.6 Å². The van der Waals surface area contributed by atoms with Gasteiger partial charge in [-0.1, -0.05) is 27.7 Å². The lowest BCUT2D eigenvalue weighted by Crippen LogP contribution is -2.65. The number of hydrogen-bond donors (Lipinski definition) is 11. The molecule has 5 saturated carbocycles. The van der Waals surface area contributed by atoms with Crippen molar-refractivity contribution >= 4 is 0 Å². The molecule has 0 aromatic rings. The van der Waals surface area contributed by atoms with Gasteiger partial charge in [-0.2, -0.15) is 0 Å². The third kappa shape index (κ3) is 6.71. The van der Waals surface area contributed by atoms with Crippen LogP contribution in [-0.2, 0) is 28.4 Å². The Hall–Kier alpha value is -0.680. The van der Waals surface area contributed by atoms with Gasteiger partial charge in [0, 0.05) is 5.92 Å². The molecule has 11 N–H and O–H groups in total. The first-order valence-electron chi connectivity index (χ1n) is 23.7. The molecule has 25 atom stereocenters. The van der Waals surface area contributed by atoms with E-state index in [0.29, 0.717) is 32.1 Å². The highest BCUT2D eigenvalue weighted by atomic mass is 16.7. The third-order valence-corrected chi connectivity index (χ3v) is 19.8. The normalized spacial score (nSPS) is 59.0. The molecule has 0 aromatic heterocycles. The van der Waals surface area contributed by atoms with E-state index in [4.69, 9.17) is 28.4 Å². The highest BCUT2D eigenvalue weighted by Crippen LogP contribution is 2.89. The molecule has 0 aromatic carbocycles. The summed E-state index contributed by atoms with van der Waals surface area (Å²) < 4.78 is 37.1. The zero-order chi connectivity index (χ0) is 45.8. The van der Waals surface area contributed by atoms with E-state index in [-0.39, 0.29) is 58.5 Å². The van der Waals surface area contributed by atoms with Gasteiger partial charge in [-0.05, 0) is 123 Å². The van der Waals surface area contributed by atoms with E-state index in [2.05, 4.69) is 34.6 Å². The van der Waals surface area contributed by atoms with Crippen molar-refractivity contribution in [3.63, 3.8) is 0 Å². The molecular formula is C46H76O17. The number of fused-ring (bicyclic) bond motifs is 2. The van der Waals surface area contributed by atoms with Crippen LogP contribution in [0.25, 0.3) is 0 Å². The van der Waals surface area contributed by atoms with Crippen molar-refractivity contribution in [2.75, 3.05) is 19.8 Å². The number of aliphatic hydroxyl groups excluding tert-OH is 11. The fourth-order valence-electron chi connectivity index (χ4n) is 16.7. The van der Waals surface area contributed by atoms with Crippen LogP contribution in [0.2, 0.25) is 0 Å². The van der Waals surface area contributed by atoms with Crippen LogP contribution in [-0.4, -0.2) is 185 Å². The minimum Gasteiger partial charge on any atom is -0.394 e. The van der Waals surface area contributed by atoms with E-state index in [9.17, 15) is 56.2 Å². The summed E-state index contributed by atoms with van der Waals surface area (Å²) in [5.41, 5.74) is -3.15. The van der Waals surface area contributed by atoms with Crippen molar-refractivity contribution in [1.82, 2.24) is 0 Å². The van der Waals surface area contributed by atoms with Gasteiger partial charge in [0.15, 0.2) is 12.6 Å². The largest absolute Gasteiger partial charge is 0.394 e. The molecule has 5 aliphatic carbocycles. The Kier molecular flexibility index (Phi) is 11.8. The molecule has 4 heterocycles. The average Bonchev–Trinajstić information content (AvgIpc) is 3.57. The molecule has 17 heteroatoms. The monoisotopic (exact) mass is 901 g/mol. The second-order valence-electron chi connectivity index (χ2n) is 23.5. The lowest BCUT2D eigenvalue weighted by molar-refractivity contribution is -0.334. The smallest absolute Gasteiger partial charge is 0.187 e. The Morgan fingerprint density at radius 1 is 0.635 bits per heavy atom. The van der Waals surface area contributed by atoms with E-state index in [1.165, 1.54) is 0 Å². The van der Waals surface area contributed by atoms with Crippen molar-refractivity contribution < 1.29 is 84.6 Å². The summed E-state index contributed by atoms with van der Waals surface area (Å²) in [6, 6.07) is 0. The lowest BCUT2D eigenvalue weighted by Gasteiger charge is -2.65. The summed E-state index contributed by atoms with van der Waals surface area (Å²) >= 11 is 0. The molecule has 4 saturated heterocycles. The molecule has 63 heavy (non-hydrogen) atoms. The van der Waals surface area contributed by atoms with Crippen molar-refractivity contribution in [3.8, 4) is 0 Å². The van der Waals surface area contributed by atoms with Gasteiger partial charge >= 0.3 is 0 Å². The van der Waals surface area contributed by atoms with E-state index in [0.717, 1.165) is 25.7 Å². The summed E-state index contributed by atoms with van der Waals surface area (Å²) in [5.74, 6) is -0.419. The molecule has 17 nitrogen and oxygen atoms in total. The Balaban J connectivity index is 0.932. The Morgan fingerprint density at radius 2 is 1.30 bits per heavy atom. The minimum absolute atomic E-state index is 0.0424. The van der Waals surface area contributed by atoms with Gasteiger partial charge in [-0.15, -0.1) is 0 Å². The summed E-state index contributed by atoms with van der Waals surface area (Å²) in [6.07, 6.45) is -12.3. The standard InChI is InChI=1S/C46H76O17/c1-40(2)20(34-35(29(53)24(51)17-58-34)61-38-32(56)28(52)23(50)18-59-38)8-11-46-19-45(46)13-12-42(5)37(22(49)15-43(42,6)26(45)14-21(48)36(40)46)44(7)10-9-27(62-44)41(3,4)63-39-33(57)31(55)30(54)25(16-47)60-39/h20-39,47-57H,8-19H2,1-7H3/t20-,21+,22+,23+,24-,25-,26+,27+,28+,29+,30-,31+,32-,33-,34+,35-,36+,37+,38+,39+,42-,43+,44-,45+,46-/m1/s1. The van der Waals surface area contributed by atoms with Gasteiger partial charge in [-0.3, -0.25) is 0 Å². The van der Waals surface area contributed by atoms with Crippen LogP contribution in [0.4, 0.5) is 0 Å². The number of hydrogen-bond acceptors (Lipinski definition) is 17.